The van der Waals surface area contributed by atoms with E-state index in [0.717, 1.165) is 30.8 Å². The standard InChI is InChI=1S/C16H26N2O/c1-13(2)10-17-8-6-5-7-15-9-16(12-18-11-15)19-14(3)4/h5,7,9,11-14,17H,6,8,10H2,1-4H3/b7-5+. The van der Waals surface area contributed by atoms with Gasteiger partial charge in [-0.15, -0.1) is 0 Å². The van der Waals surface area contributed by atoms with E-state index in [1.807, 2.05) is 26.1 Å². The van der Waals surface area contributed by atoms with Gasteiger partial charge < -0.3 is 10.1 Å². The van der Waals surface area contributed by atoms with Crippen molar-refractivity contribution < 1.29 is 4.74 Å². The number of hydrogen-bond donors (Lipinski definition) is 1. The van der Waals surface area contributed by atoms with Crippen molar-refractivity contribution in [3.63, 3.8) is 0 Å². The van der Waals surface area contributed by atoms with Crippen LogP contribution in [0.3, 0.4) is 0 Å². The van der Waals surface area contributed by atoms with Gasteiger partial charge >= 0.3 is 0 Å². The third kappa shape index (κ3) is 7.62. The lowest BCUT2D eigenvalue weighted by Crippen LogP contribution is -2.20. The Hall–Kier alpha value is -1.35. The van der Waals surface area contributed by atoms with Gasteiger partial charge in [-0.2, -0.15) is 0 Å². The van der Waals surface area contributed by atoms with E-state index in [2.05, 4.69) is 36.3 Å². The zero-order valence-corrected chi connectivity index (χ0v) is 12.5. The van der Waals surface area contributed by atoms with E-state index >= 15 is 0 Å². The van der Waals surface area contributed by atoms with Gasteiger partial charge in [0.25, 0.3) is 0 Å². The Bertz CT molecular complexity index is 386. The monoisotopic (exact) mass is 262 g/mol. The van der Waals surface area contributed by atoms with Crippen molar-refractivity contribution in [1.82, 2.24) is 10.3 Å². The topological polar surface area (TPSA) is 34.2 Å². The summed E-state index contributed by atoms with van der Waals surface area (Å²) in [6.07, 6.45) is 9.08. The predicted octanol–water partition coefficient (Wildman–Crippen LogP) is 3.52. The molecule has 0 saturated carbocycles. The number of pyridine rings is 1. The van der Waals surface area contributed by atoms with Gasteiger partial charge in [-0.05, 0) is 50.9 Å². The molecule has 106 valence electrons. The van der Waals surface area contributed by atoms with Crippen LogP contribution in [0.15, 0.2) is 24.5 Å². The number of hydrogen-bond acceptors (Lipinski definition) is 3. The van der Waals surface area contributed by atoms with Crippen LogP contribution in [0.4, 0.5) is 0 Å². The smallest absolute Gasteiger partial charge is 0.138 e. The first-order chi connectivity index (χ1) is 9.08. The Morgan fingerprint density at radius 2 is 2.05 bits per heavy atom. The second-order valence-electron chi connectivity index (χ2n) is 5.41. The predicted molar refractivity (Wildman–Crippen MR) is 81.4 cm³/mol. The third-order valence-corrected chi connectivity index (χ3v) is 2.46. The van der Waals surface area contributed by atoms with Crippen molar-refractivity contribution >= 4 is 6.08 Å². The van der Waals surface area contributed by atoms with Gasteiger partial charge in [-0.25, -0.2) is 0 Å². The van der Waals surface area contributed by atoms with E-state index in [1.165, 1.54) is 0 Å². The minimum absolute atomic E-state index is 0.182. The Morgan fingerprint density at radius 3 is 2.74 bits per heavy atom. The second-order valence-corrected chi connectivity index (χ2v) is 5.41. The van der Waals surface area contributed by atoms with Crippen LogP contribution in [-0.4, -0.2) is 24.2 Å². The molecule has 0 spiro atoms. The minimum atomic E-state index is 0.182. The Kier molecular flexibility index (Phi) is 7.19. The molecular formula is C16H26N2O. The average Bonchev–Trinajstić information content (AvgIpc) is 2.33. The molecule has 1 aromatic heterocycles. The summed E-state index contributed by atoms with van der Waals surface area (Å²) in [5.41, 5.74) is 1.09. The summed E-state index contributed by atoms with van der Waals surface area (Å²) in [7, 11) is 0. The van der Waals surface area contributed by atoms with Crippen LogP contribution in [-0.2, 0) is 0 Å². The molecule has 1 N–H and O–H groups in total. The summed E-state index contributed by atoms with van der Waals surface area (Å²) in [4.78, 5) is 4.18. The molecule has 0 aromatic carbocycles. The van der Waals surface area contributed by atoms with E-state index < -0.39 is 0 Å². The van der Waals surface area contributed by atoms with Crippen molar-refractivity contribution in [3.05, 3.63) is 30.1 Å². The number of rotatable bonds is 8. The fourth-order valence-electron chi connectivity index (χ4n) is 1.66. The van der Waals surface area contributed by atoms with Crippen molar-refractivity contribution in [2.24, 2.45) is 5.92 Å². The molecule has 0 aliphatic carbocycles. The van der Waals surface area contributed by atoms with Gasteiger partial charge in [0, 0.05) is 6.20 Å². The first-order valence-corrected chi connectivity index (χ1v) is 7.07. The molecule has 0 saturated heterocycles. The van der Waals surface area contributed by atoms with Crippen LogP contribution in [0, 0.1) is 5.92 Å². The summed E-state index contributed by atoms with van der Waals surface area (Å²) in [6.45, 7) is 10.6. The quantitative estimate of drug-likeness (QED) is 0.728. The highest BCUT2D eigenvalue weighted by Gasteiger charge is 1.98. The van der Waals surface area contributed by atoms with Crippen LogP contribution in [0.5, 0.6) is 5.75 Å². The first-order valence-electron chi connectivity index (χ1n) is 7.07. The Balaban J connectivity index is 2.35. The Morgan fingerprint density at radius 1 is 1.26 bits per heavy atom. The molecule has 3 heteroatoms. The highest BCUT2D eigenvalue weighted by Crippen LogP contribution is 2.14. The largest absolute Gasteiger partial charge is 0.489 e. The fourth-order valence-corrected chi connectivity index (χ4v) is 1.66. The molecular weight excluding hydrogens is 236 g/mol. The average molecular weight is 262 g/mol. The van der Waals surface area contributed by atoms with Gasteiger partial charge in [0.15, 0.2) is 0 Å². The van der Waals surface area contributed by atoms with E-state index in [9.17, 15) is 0 Å². The van der Waals surface area contributed by atoms with E-state index in [0.29, 0.717) is 5.92 Å². The molecule has 0 atom stereocenters. The number of nitrogens with zero attached hydrogens (tertiary/aromatic N) is 1. The lowest BCUT2D eigenvalue weighted by molar-refractivity contribution is 0.241. The molecule has 1 aromatic rings. The zero-order chi connectivity index (χ0) is 14.1. The molecule has 0 radical (unpaired) electrons. The molecule has 1 rings (SSSR count). The SMILES string of the molecule is CC(C)CNCC/C=C/c1cncc(OC(C)C)c1. The lowest BCUT2D eigenvalue weighted by atomic mass is 10.2. The number of ether oxygens (including phenoxy) is 1. The summed E-state index contributed by atoms with van der Waals surface area (Å²) >= 11 is 0. The molecule has 0 bridgehead atoms. The summed E-state index contributed by atoms with van der Waals surface area (Å²) in [5, 5.41) is 3.42. The van der Waals surface area contributed by atoms with E-state index in [1.54, 1.807) is 6.20 Å². The molecule has 1 heterocycles. The normalized spacial score (nSPS) is 11.7. The molecule has 3 nitrogen and oxygen atoms in total. The summed E-state index contributed by atoms with van der Waals surface area (Å²) in [5.74, 6) is 1.54. The number of nitrogens with one attached hydrogen (secondary N) is 1. The molecule has 0 aliphatic heterocycles. The van der Waals surface area contributed by atoms with Crippen LogP contribution in [0.2, 0.25) is 0 Å². The van der Waals surface area contributed by atoms with Gasteiger partial charge in [0.2, 0.25) is 0 Å². The van der Waals surface area contributed by atoms with Gasteiger partial charge in [0.05, 0.1) is 12.3 Å². The van der Waals surface area contributed by atoms with Gasteiger partial charge in [-0.3, -0.25) is 4.98 Å². The highest BCUT2D eigenvalue weighted by molar-refractivity contribution is 5.49. The maximum atomic E-state index is 5.62. The third-order valence-electron chi connectivity index (χ3n) is 2.46. The fraction of sp³-hybridized carbons (Fsp3) is 0.562. The van der Waals surface area contributed by atoms with Crippen LogP contribution in [0.25, 0.3) is 6.08 Å². The zero-order valence-electron chi connectivity index (χ0n) is 12.5. The molecule has 19 heavy (non-hydrogen) atoms. The number of aromatic nitrogens is 1. The van der Waals surface area contributed by atoms with Gasteiger partial charge in [0.1, 0.15) is 5.75 Å². The van der Waals surface area contributed by atoms with Crippen molar-refractivity contribution in [2.45, 2.75) is 40.2 Å². The van der Waals surface area contributed by atoms with Crippen LogP contribution in [0.1, 0.15) is 39.7 Å². The summed E-state index contributed by atoms with van der Waals surface area (Å²) in [6, 6.07) is 2.02. The van der Waals surface area contributed by atoms with E-state index in [4.69, 9.17) is 4.74 Å². The van der Waals surface area contributed by atoms with Crippen molar-refractivity contribution in [3.8, 4) is 5.75 Å². The maximum Gasteiger partial charge on any atom is 0.138 e. The molecule has 0 aliphatic rings. The summed E-state index contributed by atoms with van der Waals surface area (Å²) < 4.78 is 5.62. The van der Waals surface area contributed by atoms with Gasteiger partial charge in [-0.1, -0.05) is 26.0 Å². The highest BCUT2D eigenvalue weighted by atomic mass is 16.5. The Labute approximate surface area is 117 Å². The van der Waals surface area contributed by atoms with Crippen molar-refractivity contribution in [1.29, 1.82) is 0 Å². The van der Waals surface area contributed by atoms with Crippen LogP contribution < -0.4 is 10.1 Å². The molecule has 0 amide bonds. The molecule has 0 fully saturated rings. The first kappa shape index (κ1) is 15.7. The van der Waals surface area contributed by atoms with Crippen molar-refractivity contribution in [2.75, 3.05) is 13.1 Å². The molecule has 0 unspecified atom stereocenters. The maximum absolute atomic E-state index is 5.62. The minimum Gasteiger partial charge on any atom is -0.489 e. The van der Waals surface area contributed by atoms with Crippen LogP contribution >= 0.6 is 0 Å². The lowest BCUT2D eigenvalue weighted by Gasteiger charge is -2.09. The van der Waals surface area contributed by atoms with E-state index in [-0.39, 0.29) is 6.10 Å². The second kappa shape index (κ2) is 8.70.